The van der Waals surface area contributed by atoms with Crippen molar-refractivity contribution in [2.24, 2.45) is 0 Å². The van der Waals surface area contributed by atoms with E-state index in [9.17, 15) is 21.9 Å². The lowest BCUT2D eigenvalue weighted by molar-refractivity contribution is 0.193. The minimum absolute atomic E-state index is 0.0215. The monoisotopic (exact) mass is 520 g/mol. The first-order valence-corrected chi connectivity index (χ1v) is 13.9. The molecule has 9 nitrogen and oxygen atoms in total. The zero-order valence-corrected chi connectivity index (χ0v) is 21.2. The molecule has 0 saturated carbocycles. The Morgan fingerprint density at radius 1 is 0.771 bits per heavy atom. The summed E-state index contributed by atoms with van der Waals surface area (Å²) in [6, 6.07) is 20.6. The van der Waals surface area contributed by atoms with E-state index >= 15 is 0 Å². The fourth-order valence-electron chi connectivity index (χ4n) is 3.50. The third-order valence-corrected chi connectivity index (χ3v) is 8.15. The Kier molecular flexibility index (Phi) is 8.26. The van der Waals surface area contributed by atoms with E-state index in [-0.39, 0.29) is 22.9 Å². The van der Waals surface area contributed by atoms with Crippen LogP contribution >= 0.6 is 0 Å². The molecule has 11 heteroatoms. The molecule has 0 bridgehead atoms. The number of aliphatic hydroxyl groups is 1. The van der Waals surface area contributed by atoms with Crippen molar-refractivity contribution in [1.29, 1.82) is 0 Å². The van der Waals surface area contributed by atoms with Gasteiger partial charge in [0.15, 0.2) is 0 Å². The van der Waals surface area contributed by atoms with Gasteiger partial charge in [-0.15, -0.1) is 0 Å². The second kappa shape index (κ2) is 11.0. The first kappa shape index (κ1) is 26.3. The summed E-state index contributed by atoms with van der Waals surface area (Å²) >= 11 is 0. The molecule has 0 amide bonds. The van der Waals surface area contributed by atoms with Gasteiger partial charge in [0.1, 0.15) is 11.5 Å². The van der Waals surface area contributed by atoms with Gasteiger partial charge in [-0.05, 0) is 48.5 Å². The predicted molar refractivity (Wildman–Crippen MR) is 135 cm³/mol. The number of hydrogen-bond acceptors (Lipinski definition) is 7. The van der Waals surface area contributed by atoms with Crippen LogP contribution in [0.25, 0.3) is 0 Å². The Bertz CT molecular complexity index is 1330. The van der Waals surface area contributed by atoms with E-state index in [1.807, 2.05) is 0 Å². The Morgan fingerprint density at radius 2 is 1.34 bits per heavy atom. The summed E-state index contributed by atoms with van der Waals surface area (Å²) in [5.41, 5.74) is 0.523. The average Bonchev–Trinajstić information content (AvgIpc) is 2.85. The van der Waals surface area contributed by atoms with Crippen molar-refractivity contribution in [1.82, 2.24) is 0 Å². The van der Waals surface area contributed by atoms with E-state index < -0.39 is 32.7 Å². The molecule has 0 aliphatic rings. The Labute approximate surface area is 206 Å². The van der Waals surface area contributed by atoms with E-state index in [0.29, 0.717) is 11.4 Å². The molecule has 1 atom stereocenters. The van der Waals surface area contributed by atoms with Crippen LogP contribution < -0.4 is 18.1 Å². The van der Waals surface area contributed by atoms with Crippen LogP contribution in [0, 0.1) is 0 Å². The van der Waals surface area contributed by atoms with Crippen LogP contribution in [0.2, 0.25) is 0 Å². The van der Waals surface area contributed by atoms with Gasteiger partial charge in [-0.25, -0.2) is 16.8 Å². The highest BCUT2D eigenvalue weighted by Crippen LogP contribution is 2.32. The number of rotatable bonds is 11. The van der Waals surface area contributed by atoms with Crippen molar-refractivity contribution < 1.29 is 31.4 Å². The molecule has 0 heterocycles. The molecule has 3 rings (SSSR count). The summed E-state index contributed by atoms with van der Waals surface area (Å²) in [7, 11) is -5.00. The molecule has 1 unspecified atom stereocenters. The summed E-state index contributed by atoms with van der Waals surface area (Å²) in [6.45, 7) is -0.791. The standard InChI is InChI=1S/C24H28N2O7S2/c1-32-21-15-13-19(14-16-21)25(34(3,28)29)17-20(27)18-26(23-11-7-8-12-24(23)33-2)35(30,31)22-9-5-4-6-10-22/h4-16,20,27H,17-18H2,1-3H3. The van der Waals surface area contributed by atoms with Crippen LogP contribution in [0.3, 0.4) is 0 Å². The first-order valence-electron chi connectivity index (χ1n) is 10.6. The fourth-order valence-corrected chi connectivity index (χ4v) is 5.98. The molecule has 35 heavy (non-hydrogen) atoms. The quantitative estimate of drug-likeness (QED) is 0.414. The number of para-hydroxylation sites is 2. The van der Waals surface area contributed by atoms with Gasteiger partial charge in [0.2, 0.25) is 10.0 Å². The molecule has 3 aromatic carbocycles. The van der Waals surface area contributed by atoms with Gasteiger partial charge in [-0.3, -0.25) is 8.61 Å². The smallest absolute Gasteiger partial charge is 0.264 e. The molecule has 188 valence electrons. The lowest BCUT2D eigenvalue weighted by Gasteiger charge is -2.30. The van der Waals surface area contributed by atoms with Crippen molar-refractivity contribution in [2.75, 3.05) is 42.2 Å². The molecule has 1 N–H and O–H groups in total. The van der Waals surface area contributed by atoms with E-state index in [1.54, 1.807) is 66.7 Å². The molecule has 0 radical (unpaired) electrons. The Morgan fingerprint density at radius 3 is 1.91 bits per heavy atom. The number of ether oxygens (including phenoxy) is 2. The average molecular weight is 521 g/mol. The fraction of sp³-hybridized carbons (Fsp3) is 0.250. The van der Waals surface area contributed by atoms with E-state index in [2.05, 4.69) is 0 Å². The highest BCUT2D eigenvalue weighted by molar-refractivity contribution is 7.93. The Balaban J connectivity index is 1.98. The van der Waals surface area contributed by atoms with Crippen LogP contribution in [0.1, 0.15) is 0 Å². The molecular weight excluding hydrogens is 492 g/mol. The highest BCUT2D eigenvalue weighted by Gasteiger charge is 2.31. The van der Waals surface area contributed by atoms with Gasteiger partial charge in [0, 0.05) is 0 Å². The second-order valence-corrected chi connectivity index (χ2v) is 11.4. The largest absolute Gasteiger partial charge is 0.497 e. The van der Waals surface area contributed by atoms with Gasteiger partial charge < -0.3 is 14.6 Å². The van der Waals surface area contributed by atoms with E-state index in [4.69, 9.17) is 9.47 Å². The van der Waals surface area contributed by atoms with Crippen molar-refractivity contribution in [3.05, 3.63) is 78.9 Å². The lowest BCUT2D eigenvalue weighted by atomic mass is 10.2. The summed E-state index contributed by atoms with van der Waals surface area (Å²) < 4.78 is 64.7. The molecule has 0 aromatic heterocycles. The normalized spacial score (nSPS) is 12.6. The number of aliphatic hydroxyl groups excluding tert-OH is 1. The third kappa shape index (κ3) is 6.24. The summed E-state index contributed by atoms with van der Waals surface area (Å²) in [5, 5.41) is 11.0. The van der Waals surface area contributed by atoms with Gasteiger partial charge >= 0.3 is 0 Å². The predicted octanol–water partition coefficient (Wildman–Crippen LogP) is 2.73. The number of hydrogen-bond donors (Lipinski definition) is 1. The van der Waals surface area contributed by atoms with E-state index in [1.165, 1.54) is 26.4 Å². The van der Waals surface area contributed by atoms with Crippen molar-refractivity contribution in [3.63, 3.8) is 0 Å². The second-order valence-electron chi connectivity index (χ2n) is 7.67. The molecule has 3 aromatic rings. The number of benzene rings is 3. The third-order valence-electron chi connectivity index (χ3n) is 5.20. The SMILES string of the molecule is COc1ccc(N(CC(O)CN(c2ccccc2OC)S(=O)(=O)c2ccccc2)S(C)(=O)=O)cc1. The minimum Gasteiger partial charge on any atom is -0.497 e. The molecule has 0 aliphatic carbocycles. The van der Waals surface area contributed by atoms with Crippen molar-refractivity contribution in [2.45, 2.75) is 11.0 Å². The minimum atomic E-state index is -4.12. The van der Waals surface area contributed by atoms with Crippen LogP contribution in [0.15, 0.2) is 83.8 Å². The lowest BCUT2D eigenvalue weighted by Crippen LogP contribution is -2.44. The number of methoxy groups -OCH3 is 2. The van der Waals surface area contributed by atoms with E-state index in [0.717, 1.165) is 14.9 Å². The van der Waals surface area contributed by atoms with Crippen molar-refractivity contribution in [3.8, 4) is 11.5 Å². The number of nitrogens with zero attached hydrogens (tertiary/aromatic N) is 2. The zero-order valence-electron chi connectivity index (χ0n) is 19.6. The van der Waals surface area contributed by atoms with Crippen molar-refractivity contribution >= 4 is 31.4 Å². The topological polar surface area (TPSA) is 113 Å². The van der Waals surface area contributed by atoms with Crippen LogP contribution in [0.5, 0.6) is 11.5 Å². The maximum Gasteiger partial charge on any atom is 0.264 e. The molecule has 0 fully saturated rings. The first-order chi connectivity index (χ1) is 16.6. The molecule has 0 spiro atoms. The summed E-state index contributed by atoms with van der Waals surface area (Å²) in [4.78, 5) is 0.0215. The van der Waals surface area contributed by atoms with Crippen LogP contribution in [-0.4, -0.2) is 61.6 Å². The molecule has 0 aliphatic heterocycles. The number of anilines is 2. The van der Waals surface area contributed by atoms with Gasteiger partial charge in [-0.2, -0.15) is 0 Å². The van der Waals surface area contributed by atoms with Gasteiger partial charge in [-0.1, -0.05) is 30.3 Å². The summed E-state index contributed by atoms with van der Waals surface area (Å²) in [6.07, 6.45) is -0.363. The van der Waals surface area contributed by atoms with Crippen LogP contribution in [-0.2, 0) is 20.0 Å². The van der Waals surface area contributed by atoms with Gasteiger partial charge in [0.25, 0.3) is 10.0 Å². The van der Waals surface area contributed by atoms with Gasteiger partial charge in [0.05, 0.1) is 55.9 Å². The van der Waals surface area contributed by atoms with Crippen LogP contribution in [0.4, 0.5) is 11.4 Å². The maximum atomic E-state index is 13.6. The maximum absolute atomic E-state index is 13.6. The molecular formula is C24H28N2O7S2. The zero-order chi connectivity index (χ0) is 25.6. The highest BCUT2D eigenvalue weighted by atomic mass is 32.2. The Hall–Kier alpha value is -3.28. The molecule has 0 saturated heterocycles. The number of sulfonamides is 2. The summed E-state index contributed by atoms with van der Waals surface area (Å²) in [5.74, 6) is 0.827.